The Morgan fingerprint density at radius 2 is 2.00 bits per heavy atom. The van der Waals surface area contributed by atoms with Crippen LogP contribution >= 0.6 is 0 Å². The quantitative estimate of drug-likeness (QED) is 0.816. The van der Waals surface area contributed by atoms with E-state index in [-0.39, 0.29) is 0 Å². The van der Waals surface area contributed by atoms with Crippen LogP contribution in [0.4, 0.5) is 5.95 Å². The summed E-state index contributed by atoms with van der Waals surface area (Å²) in [4.78, 5) is 13.6. The summed E-state index contributed by atoms with van der Waals surface area (Å²) >= 11 is 0. The van der Waals surface area contributed by atoms with E-state index in [9.17, 15) is 0 Å². The van der Waals surface area contributed by atoms with Gasteiger partial charge in [-0.25, -0.2) is 9.97 Å². The number of hydrogen-bond donors (Lipinski definition) is 0. The van der Waals surface area contributed by atoms with Gasteiger partial charge in [0.15, 0.2) is 0 Å². The van der Waals surface area contributed by atoms with Crippen LogP contribution in [0.1, 0.15) is 18.4 Å². The predicted molar refractivity (Wildman–Crippen MR) is 97.1 cm³/mol. The van der Waals surface area contributed by atoms with Crippen LogP contribution in [0.3, 0.4) is 0 Å². The van der Waals surface area contributed by atoms with E-state index in [1.54, 1.807) is 7.11 Å². The lowest BCUT2D eigenvalue weighted by atomic mass is 10.1. The molecule has 0 amide bonds. The summed E-state index contributed by atoms with van der Waals surface area (Å²) in [6, 6.07) is 8.96. The number of anilines is 1. The highest BCUT2D eigenvalue weighted by atomic mass is 16.5. The lowest BCUT2D eigenvalue weighted by Gasteiger charge is -2.23. The van der Waals surface area contributed by atoms with Crippen molar-refractivity contribution >= 4 is 5.95 Å². The molecule has 1 aromatic carbocycles. The van der Waals surface area contributed by atoms with E-state index >= 15 is 0 Å². The molecule has 5 heteroatoms. The molecule has 1 fully saturated rings. The van der Waals surface area contributed by atoms with E-state index in [2.05, 4.69) is 58.1 Å². The molecule has 1 aliphatic heterocycles. The van der Waals surface area contributed by atoms with E-state index in [0.717, 1.165) is 43.2 Å². The van der Waals surface area contributed by atoms with Crippen molar-refractivity contribution in [3.63, 3.8) is 0 Å². The lowest BCUT2D eigenvalue weighted by molar-refractivity contribution is 0.180. The maximum Gasteiger partial charge on any atom is 0.225 e. The van der Waals surface area contributed by atoms with Crippen molar-refractivity contribution in [1.82, 2.24) is 14.9 Å². The second-order valence-electron chi connectivity index (χ2n) is 6.65. The molecule has 0 saturated carbocycles. The Labute approximate surface area is 144 Å². The van der Waals surface area contributed by atoms with Crippen LogP contribution in [0.2, 0.25) is 0 Å². The first kappa shape index (κ1) is 16.9. The van der Waals surface area contributed by atoms with Gasteiger partial charge in [0.05, 0.1) is 12.6 Å². The van der Waals surface area contributed by atoms with Crippen LogP contribution in [0.25, 0.3) is 11.1 Å². The maximum absolute atomic E-state index is 5.31. The predicted octanol–water partition coefficient (Wildman–Crippen LogP) is 2.82. The van der Waals surface area contributed by atoms with Crippen molar-refractivity contribution in [2.24, 2.45) is 0 Å². The van der Waals surface area contributed by atoms with Crippen LogP contribution in [-0.2, 0) is 11.3 Å². The largest absolute Gasteiger partial charge is 0.383 e. The summed E-state index contributed by atoms with van der Waals surface area (Å²) in [5, 5.41) is 0. The lowest BCUT2D eigenvalue weighted by Crippen LogP contribution is -2.34. The molecule has 0 radical (unpaired) electrons. The second-order valence-corrected chi connectivity index (χ2v) is 6.65. The SMILES string of the molecule is COCC1CCCN1c1ncc(-c2cccc(CN(C)C)c2)cn1. The highest BCUT2D eigenvalue weighted by Gasteiger charge is 2.26. The van der Waals surface area contributed by atoms with Crippen molar-refractivity contribution < 1.29 is 4.74 Å². The fraction of sp³-hybridized carbons (Fsp3) is 0.474. The van der Waals surface area contributed by atoms with Gasteiger partial charge in [0.25, 0.3) is 0 Å². The number of hydrogen-bond acceptors (Lipinski definition) is 5. The number of rotatable bonds is 6. The van der Waals surface area contributed by atoms with Crippen molar-refractivity contribution in [2.75, 3.05) is 39.3 Å². The third kappa shape index (κ3) is 3.91. The topological polar surface area (TPSA) is 41.5 Å². The standard InChI is InChI=1S/C19H26N4O/c1-22(2)13-15-6-4-7-16(10-15)17-11-20-19(21-12-17)23-9-5-8-18(23)14-24-3/h4,6-7,10-12,18H,5,8-9,13-14H2,1-3H3. The fourth-order valence-corrected chi connectivity index (χ4v) is 3.30. The Bertz CT molecular complexity index is 657. The Hall–Kier alpha value is -1.98. The minimum atomic E-state index is 0.393. The molecule has 1 saturated heterocycles. The van der Waals surface area contributed by atoms with Gasteiger partial charge in [-0.2, -0.15) is 0 Å². The third-order valence-corrected chi connectivity index (χ3v) is 4.39. The van der Waals surface area contributed by atoms with Crippen LogP contribution in [0.5, 0.6) is 0 Å². The number of ether oxygens (including phenoxy) is 1. The summed E-state index contributed by atoms with van der Waals surface area (Å²) in [5.41, 5.74) is 3.51. The van der Waals surface area contributed by atoms with Crippen molar-refractivity contribution in [1.29, 1.82) is 0 Å². The Kier molecular flexibility index (Phi) is 5.43. The summed E-state index contributed by atoms with van der Waals surface area (Å²) in [6.45, 7) is 2.67. The number of nitrogens with zero attached hydrogens (tertiary/aromatic N) is 4. The maximum atomic E-state index is 5.31. The van der Waals surface area contributed by atoms with Crippen LogP contribution in [0, 0.1) is 0 Å². The zero-order valence-electron chi connectivity index (χ0n) is 14.8. The first-order valence-corrected chi connectivity index (χ1v) is 8.49. The van der Waals surface area contributed by atoms with E-state index in [1.807, 2.05) is 12.4 Å². The van der Waals surface area contributed by atoms with Gasteiger partial charge in [0.2, 0.25) is 5.95 Å². The number of benzene rings is 1. The Morgan fingerprint density at radius 3 is 2.71 bits per heavy atom. The average molecular weight is 326 g/mol. The summed E-state index contributed by atoms with van der Waals surface area (Å²) in [7, 11) is 5.91. The third-order valence-electron chi connectivity index (χ3n) is 4.39. The highest BCUT2D eigenvalue weighted by Crippen LogP contribution is 2.25. The molecule has 0 spiro atoms. The first-order valence-electron chi connectivity index (χ1n) is 8.49. The van der Waals surface area contributed by atoms with Gasteiger partial charge < -0.3 is 14.5 Å². The summed E-state index contributed by atoms with van der Waals surface area (Å²) < 4.78 is 5.31. The Morgan fingerprint density at radius 1 is 1.21 bits per heavy atom. The zero-order chi connectivity index (χ0) is 16.9. The minimum absolute atomic E-state index is 0.393. The molecular weight excluding hydrogens is 300 g/mol. The van der Waals surface area contributed by atoms with E-state index in [1.165, 1.54) is 12.0 Å². The molecule has 1 aromatic heterocycles. The van der Waals surface area contributed by atoms with E-state index in [4.69, 9.17) is 4.74 Å². The molecule has 1 aliphatic rings. The normalized spacial score (nSPS) is 17.7. The van der Waals surface area contributed by atoms with Gasteiger partial charge in [0.1, 0.15) is 0 Å². The molecule has 0 bridgehead atoms. The number of aromatic nitrogens is 2. The van der Waals surface area contributed by atoms with Crippen molar-refractivity contribution in [2.45, 2.75) is 25.4 Å². The first-order chi connectivity index (χ1) is 11.7. The molecule has 1 unspecified atom stereocenters. The second kappa shape index (κ2) is 7.73. The summed E-state index contributed by atoms with van der Waals surface area (Å²) in [6.07, 6.45) is 6.18. The molecule has 0 N–H and O–H groups in total. The highest BCUT2D eigenvalue weighted by molar-refractivity contribution is 5.63. The van der Waals surface area contributed by atoms with Gasteiger partial charge in [-0.1, -0.05) is 18.2 Å². The molecular formula is C19H26N4O. The molecule has 2 heterocycles. The molecule has 128 valence electrons. The molecule has 0 aliphatic carbocycles. The van der Waals surface area contributed by atoms with Crippen LogP contribution in [-0.4, -0.2) is 55.3 Å². The monoisotopic (exact) mass is 326 g/mol. The van der Waals surface area contributed by atoms with Crippen LogP contribution < -0.4 is 4.90 Å². The average Bonchev–Trinajstić information content (AvgIpc) is 3.03. The van der Waals surface area contributed by atoms with Gasteiger partial charge in [-0.3, -0.25) is 0 Å². The fourth-order valence-electron chi connectivity index (χ4n) is 3.30. The molecule has 24 heavy (non-hydrogen) atoms. The molecule has 1 atom stereocenters. The van der Waals surface area contributed by atoms with Gasteiger partial charge in [0, 0.05) is 38.2 Å². The zero-order valence-corrected chi connectivity index (χ0v) is 14.8. The minimum Gasteiger partial charge on any atom is -0.383 e. The molecule has 2 aromatic rings. The van der Waals surface area contributed by atoms with Gasteiger partial charge in [-0.05, 0) is 44.1 Å². The Balaban J connectivity index is 1.77. The van der Waals surface area contributed by atoms with E-state index in [0.29, 0.717) is 6.04 Å². The van der Waals surface area contributed by atoms with Crippen molar-refractivity contribution in [3.8, 4) is 11.1 Å². The molecule has 3 rings (SSSR count). The molecule has 5 nitrogen and oxygen atoms in total. The smallest absolute Gasteiger partial charge is 0.225 e. The van der Waals surface area contributed by atoms with Crippen molar-refractivity contribution in [3.05, 3.63) is 42.2 Å². The van der Waals surface area contributed by atoms with E-state index < -0.39 is 0 Å². The van der Waals surface area contributed by atoms with Gasteiger partial charge >= 0.3 is 0 Å². The summed E-state index contributed by atoms with van der Waals surface area (Å²) in [5.74, 6) is 0.808. The van der Waals surface area contributed by atoms with Gasteiger partial charge in [-0.15, -0.1) is 0 Å². The number of methoxy groups -OCH3 is 1. The van der Waals surface area contributed by atoms with Crippen LogP contribution in [0.15, 0.2) is 36.7 Å².